The first-order valence-corrected chi connectivity index (χ1v) is 5.30. The molecule has 1 aliphatic carbocycles. The van der Waals surface area contributed by atoms with Gasteiger partial charge in [0.2, 0.25) is 0 Å². The Kier molecular flexibility index (Phi) is 3.21. The summed E-state index contributed by atoms with van der Waals surface area (Å²) in [5.41, 5.74) is 0. The van der Waals surface area contributed by atoms with Crippen molar-refractivity contribution in [2.24, 2.45) is 11.8 Å². The molecule has 0 aromatic heterocycles. The topological polar surface area (TPSA) is 0 Å². The molecule has 1 heteroatoms. The average molecular weight is 250 g/mol. The summed E-state index contributed by atoms with van der Waals surface area (Å²) in [5, 5.41) is 0. The average Bonchev–Trinajstić information content (AvgIpc) is 2.48. The fraction of sp³-hybridized carbons (Fsp3) is 0.778. The minimum absolute atomic E-state index is 0.954. The molecule has 3 atom stereocenters. The molecule has 1 aliphatic rings. The van der Waals surface area contributed by atoms with E-state index in [0.717, 1.165) is 15.8 Å². The van der Waals surface area contributed by atoms with Crippen LogP contribution in [0.2, 0.25) is 0 Å². The lowest BCUT2D eigenvalue weighted by atomic mass is 10.2. The molecule has 0 N–H and O–H groups in total. The van der Waals surface area contributed by atoms with Gasteiger partial charge in [0.1, 0.15) is 0 Å². The Morgan fingerprint density at radius 3 is 2.70 bits per heavy atom. The van der Waals surface area contributed by atoms with Gasteiger partial charge in [-0.1, -0.05) is 42.0 Å². The molecule has 1 saturated carbocycles. The standard InChI is InChI=1S/C9H15I/c1-3-5-7-8(6-4-2)9(7)10/h3,7-9H,1,4-6H2,2H3/t7-,8+,9+/m0/s1. The van der Waals surface area contributed by atoms with Gasteiger partial charge in [-0.25, -0.2) is 0 Å². The molecule has 58 valence electrons. The van der Waals surface area contributed by atoms with Crippen molar-refractivity contribution >= 4 is 22.6 Å². The van der Waals surface area contributed by atoms with Crippen LogP contribution in [0.3, 0.4) is 0 Å². The van der Waals surface area contributed by atoms with Crippen molar-refractivity contribution in [2.45, 2.75) is 30.1 Å². The summed E-state index contributed by atoms with van der Waals surface area (Å²) >= 11 is 2.58. The van der Waals surface area contributed by atoms with E-state index in [4.69, 9.17) is 0 Å². The van der Waals surface area contributed by atoms with Crippen LogP contribution in [0.1, 0.15) is 26.2 Å². The molecule has 0 amide bonds. The minimum Gasteiger partial charge on any atom is -0.103 e. The van der Waals surface area contributed by atoms with Crippen LogP contribution in [0, 0.1) is 11.8 Å². The van der Waals surface area contributed by atoms with E-state index in [9.17, 15) is 0 Å². The van der Waals surface area contributed by atoms with E-state index in [2.05, 4.69) is 42.2 Å². The Labute approximate surface area is 77.2 Å². The zero-order valence-electron chi connectivity index (χ0n) is 6.52. The highest BCUT2D eigenvalue weighted by Crippen LogP contribution is 2.50. The molecule has 0 radical (unpaired) electrons. The molecule has 1 rings (SSSR count). The van der Waals surface area contributed by atoms with E-state index in [-0.39, 0.29) is 0 Å². The molecule has 0 aliphatic heterocycles. The van der Waals surface area contributed by atoms with Gasteiger partial charge in [-0.2, -0.15) is 0 Å². The van der Waals surface area contributed by atoms with E-state index < -0.39 is 0 Å². The second kappa shape index (κ2) is 3.74. The summed E-state index contributed by atoms with van der Waals surface area (Å²) in [7, 11) is 0. The third-order valence-corrected chi connectivity index (χ3v) is 4.14. The predicted molar refractivity (Wildman–Crippen MR) is 54.5 cm³/mol. The molecule has 1 fully saturated rings. The Hall–Kier alpha value is 0.470. The van der Waals surface area contributed by atoms with Crippen LogP contribution in [-0.4, -0.2) is 3.92 Å². The highest BCUT2D eigenvalue weighted by atomic mass is 127. The molecule has 0 saturated heterocycles. The summed E-state index contributed by atoms with van der Waals surface area (Å²) in [5.74, 6) is 1.99. The number of hydrogen-bond donors (Lipinski definition) is 0. The predicted octanol–water partition coefficient (Wildman–Crippen LogP) is 3.41. The molecule has 0 heterocycles. The van der Waals surface area contributed by atoms with E-state index in [1.807, 2.05) is 0 Å². The van der Waals surface area contributed by atoms with E-state index in [1.165, 1.54) is 19.3 Å². The van der Waals surface area contributed by atoms with Gasteiger partial charge < -0.3 is 0 Å². The summed E-state index contributed by atoms with van der Waals surface area (Å²) in [6.07, 6.45) is 6.06. The smallest absolute Gasteiger partial charge is 0.0175 e. The Balaban J connectivity index is 2.19. The summed E-state index contributed by atoms with van der Waals surface area (Å²) < 4.78 is 0.954. The summed E-state index contributed by atoms with van der Waals surface area (Å²) in [4.78, 5) is 0. The van der Waals surface area contributed by atoms with Crippen molar-refractivity contribution in [3.05, 3.63) is 12.7 Å². The quantitative estimate of drug-likeness (QED) is 0.407. The van der Waals surface area contributed by atoms with Gasteiger partial charge >= 0.3 is 0 Å². The molecule has 0 spiro atoms. The van der Waals surface area contributed by atoms with Crippen molar-refractivity contribution in [1.82, 2.24) is 0 Å². The second-order valence-corrected chi connectivity index (χ2v) is 4.52. The summed E-state index contributed by atoms with van der Waals surface area (Å²) in [6, 6.07) is 0. The normalized spacial score (nSPS) is 37.6. The number of halogens is 1. The molecule has 0 unspecified atom stereocenters. The van der Waals surface area contributed by atoms with Crippen molar-refractivity contribution in [2.75, 3.05) is 0 Å². The minimum atomic E-state index is 0.954. The van der Waals surface area contributed by atoms with Crippen molar-refractivity contribution in [1.29, 1.82) is 0 Å². The SMILES string of the molecule is C=CC[C@@H]1[C@@H](I)[C@@H]1CCC. The molecule has 10 heavy (non-hydrogen) atoms. The van der Waals surface area contributed by atoms with Crippen LogP contribution in [0.5, 0.6) is 0 Å². The van der Waals surface area contributed by atoms with Crippen molar-refractivity contribution in [3.63, 3.8) is 0 Å². The lowest BCUT2D eigenvalue weighted by Crippen LogP contribution is -1.79. The maximum atomic E-state index is 3.77. The number of alkyl halides is 1. The van der Waals surface area contributed by atoms with Gasteiger partial charge in [-0.05, 0) is 24.7 Å². The zero-order valence-corrected chi connectivity index (χ0v) is 8.67. The molecule has 0 aromatic rings. The number of rotatable bonds is 4. The Morgan fingerprint density at radius 1 is 1.50 bits per heavy atom. The highest BCUT2D eigenvalue weighted by Gasteiger charge is 2.45. The number of allylic oxidation sites excluding steroid dienone is 1. The van der Waals surface area contributed by atoms with Crippen LogP contribution < -0.4 is 0 Å². The fourth-order valence-corrected chi connectivity index (χ4v) is 3.08. The molecule has 0 bridgehead atoms. The van der Waals surface area contributed by atoms with Crippen molar-refractivity contribution < 1.29 is 0 Å². The van der Waals surface area contributed by atoms with Gasteiger partial charge in [-0.15, -0.1) is 6.58 Å². The lowest BCUT2D eigenvalue weighted by molar-refractivity contribution is 0.638. The van der Waals surface area contributed by atoms with Crippen LogP contribution in [0.15, 0.2) is 12.7 Å². The lowest BCUT2D eigenvalue weighted by Gasteiger charge is -1.90. The maximum absolute atomic E-state index is 3.77. The summed E-state index contributed by atoms with van der Waals surface area (Å²) in [6.45, 7) is 6.04. The molecule has 0 nitrogen and oxygen atoms in total. The van der Waals surface area contributed by atoms with E-state index in [0.29, 0.717) is 0 Å². The second-order valence-electron chi connectivity index (χ2n) is 3.09. The van der Waals surface area contributed by atoms with Gasteiger partial charge in [0.05, 0.1) is 0 Å². The van der Waals surface area contributed by atoms with Crippen LogP contribution in [-0.2, 0) is 0 Å². The molecule has 0 aromatic carbocycles. The number of hydrogen-bond acceptors (Lipinski definition) is 0. The third-order valence-electron chi connectivity index (χ3n) is 2.29. The Bertz CT molecular complexity index is 120. The maximum Gasteiger partial charge on any atom is 0.0175 e. The van der Waals surface area contributed by atoms with Crippen LogP contribution in [0.25, 0.3) is 0 Å². The largest absolute Gasteiger partial charge is 0.103 e. The first-order valence-electron chi connectivity index (χ1n) is 4.06. The Morgan fingerprint density at radius 2 is 2.20 bits per heavy atom. The third kappa shape index (κ3) is 1.74. The van der Waals surface area contributed by atoms with E-state index >= 15 is 0 Å². The monoisotopic (exact) mass is 250 g/mol. The van der Waals surface area contributed by atoms with Crippen molar-refractivity contribution in [3.8, 4) is 0 Å². The van der Waals surface area contributed by atoms with Gasteiger partial charge in [0, 0.05) is 3.92 Å². The molecular formula is C9H15I. The van der Waals surface area contributed by atoms with Gasteiger partial charge in [0.25, 0.3) is 0 Å². The first-order chi connectivity index (χ1) is 4.81. The van der Waals surface area contributed by atoms with Crippen LogP contribution >= 0.6 is 22.6 Å². The van der Waals surface area contributed by atoms with Gasteiger partial charge in [0.15, 0.2) is 0 Å². The van der Waals surface area contributed by atoms with E-state index in [1.54, 1.807) is 0 Å². The van der Waals surface area contributed by atoms with Gasteiger partial charge in [-0.3, -0.25) is 0 Å². The first kappa shape index (κ1) is 8.57. The van der Waals surface area contributed by atoms with Crippen LogP contribution in [0.4, 0.5) is 0 Å². The fourth-order valence-electron chi connectivity index (χ4n) is 1.60. The molecular weight excluding hydrogens is 235 g/mol. The zero-order chi connectivity index (χ0) is 7.56. The highest BCUT2D eigenvalue weighted by molar-refractivity contribution is 14.1.